The zero-order chi connectivity index (χ0) is 13.8. The Balaban J connectivity index is 2.17. The van der Waals surface area contributed by atoms with Gasteiger partial charge in [0.05, 0.1) is 19.3 Å². The third-order valence-electron chi connectivity index (χ3n) is 2.57. The molecular weight excluding hydrogens is 312 g/mol. The number of rotatable bonds is 5. The largest absolute Gasteiger partial charge is 0.495 e. The first-order valence-corrected chi connectivity index (χ1v) is 6.35. The highest BCUT2D eigenvalue weighted by Gasteiger charge is 2.08. The summed E-state index contributed by atoms with van der Waals surface area (Å²) in [6.07, 6.45) is 0. The lowest BCUT2D eigenvalue weighted by molar-refractivity contribution is 0.100. The van der Waals surface area contributed by atoms with Crippen LogP contribution in [0.2, 0.25) is 0 Å². The van der Waals surface area contributed by atoms with Crippen LogP contribution < -0.4 is 15.8 Å². The van der Waals surface area contributed by atoms with Gasteiger partial charge in [-0.2, -0.15) is 0 Å². The minimum absolute atomic E-state index is 0.420. The Labute approximate surface area is 118 Å². The van der Waals surface area contributed by atoms with E-state index in [1.165, 1.54) is 0 Å². The molecule has 0 aliphatic heterocycles. The Morgan fingerprint density at radius 3 is 2.79 bits per heavy atom. The van der Waals surface area contributed by atoms with Crippen molar-refractivity contribution in [3.05, 3.63) is 46.3 Å². The molecule has 0 atom stereocenters. The second-order valence-corrected chi connectivity index (χ2v) is 4.62. The van der Waals surface area contributed by atoms with Crippen LogP contribution in [0.4, 0.5) is 5.69 Å². The van der Waals surface area contributed by atoms with Gasteiger partial charge < -0.3 is 20.2 Å². The average Bonchev–Trinajstić information content (AvgIpc) is 2.81. The van der Waals surface area contributed by atoms with Gasteiger partial charge in [0.2, 0.25) is 5.91 Å². The van der Waals surface area contributed by atoms with E-state index in [0.717, 1.165) is 5.76 Å². The summed E-state index contributed by atoms with van der Waals surface area (Å²) in [7, 11) is 1.56. The molecule has 1 aromatic carbocycles. The van der Waals surface area contributed by atoms with Gasteiger partial charge in [-0.15, -0.1) is 0 Å². The van der Waals surface area contributed by atoms with Crippen molar-refractivity contribution in [1.82, 2.24) is 0 Å². The highest BCUT2D eigenvalue weighted by Crippen LogP contribution is 2.26. The number of nitrogens with two attached hydrogens (primary N) is 1. The van der Waals surface area contributed by atoms with Gasteiger partial charge in [-0.3, -0.25) is 4.79 Å². The third kappa shape index (κ3) is 3.29. The van der Waals surface area contributed by atoms with E-state index in [1.54, 1.807) is 25.3 Å². The molecule has 0 unspecified atom stereocenters. The van der Waals surface area contributed by atoms with Gasteiger partial charge in [0, 0.05) is 5.56 Å². The highest BCUT2D eigenvalue weighted by atomic mass is 79.9. The topological polar surface area (TPSA) is 77.5 Å². The van der Waals surface area contributed by atoms with Crippen molar-refractivity contribution in [2.24, 2.45) is 5.73 Å². The number of ether oxygens (including phenoxy) is 1. The van der Waals surface area contributed by atoms with Crippen LogP contribution in [-0.2, 0) is 6.54 Å². The predicted octanol–water partition coefficient (Wildman–Crippen LogP) is 2.76. The van der Waals surface area contributed by atoms with Crippen molar-refractivity contribution in [3.63, 3.8) is 0 Å². The molecule has 0 aliphatic rings. The van der Waals surface area contributed by atoms with Crippen LogP contribution in [0.25, 0.3) is 0 Å². The number of hydrogen-bond acceptors (Lipinski definition) is 4. The molecule has 1 heterocycles. The molecule has 0 aliphatic carbocycles. The molecule has 19 heavy (non-hydrogen) atoms. The normalized spacial score (nSPS) is 10.2. The summed E-state index contributed by atoms with van der Waals surface area (Å²) >= 11 is 3.24. The summed E-state index contributed by atoms with van der Waals surface area (Å²) in [5.74, 6) is 0.917. The fourth-order valence-corrected chi connectivity index (χ4v) is 1.97. The molecule has 100 valence electrons. The van der Waals surface area contributed by atoms with E-state index in [4.69, 9.17) is 14.9 Å². The molecule has 1 aromatic heterocycles. The van der Waals surface area contributed by atoms with Crippen molar-refractivity contribution in [2.75, 3.05) is 12.4 Å². The monoisotopic (exact) mass is 324 g/mol. The Hall–Kier alpha value is -1.95. The highest BCUT2D eigenvalue weighted by molar-refractivity contribution is 9.10. The molecule has 1 amide bonds. The predicted molar refractivity (Wildman–Crippen MR) is 75.2 cm³/mol. The summed E-state index contributed by atoms with van der Waals surface area (Å²) in [5, 5.41) is 3.14. The maximum atomic E-state index is 11.2. The zero-order valence-corrected chi connectivity index (χ0v) is 11.9. The van der Waals surface area contributed by atoms with Gasteiger partial charge in [-0.05, 0) is 46.3 Å². The molecule has 2 aromatic rings. The van der Waals surface area contributed by atoms with Crippen LogP contribution >= 0.6 is 15.9 Å². The van der Waals surface area contributed by atoms with E-state index in [9.17, 15) is 4.79 Å². The molecule has 6 heteroatoms. The lowest BCUT2D eigenvalue weighted by atomic mass is 10.1. The fourth-order valence-electron chi connectivity index (χ4n) is 1.63. The molecule has 0 spiro atoms. The third-order valence-corrected chi connectivity index (χ3v) is 2.99. The van der Waals surface area contributed by atoms with Gasteiger partial charge >= 0.3 is 0 Å². The number of amides is 1. The van der Waals surface area contributed by atoms with E-state index >= 15 is 0 Å². The van der Waals surface area contributed by atoms with Gasteiger partial charge in [-0.1, -0.05) is 0 Å². The molecule has 0 saturated heterocycles. The summed E-state index contributed by atoms with van der Waals surface area (Å²) < 4.78 is 11.3. The van der Waals surface area contributed by atoms with E-state index in [-0.39, 0.29) is 0 Å². The van der Waals surface area contributed by atoms with Crippen molar-refractivity contribution < 1.29 is 13.9 Å². The van der Waals surface area contributed by atoms with Crippen LogP contribution in [0.15, 0.2) is 39.4 Å². The van der Waals surface area contributed by atoms with Crippen LogP contribution in [0.5, 0.6) is 5.75 Å². The number of benzene rings is 1. The van der Waals surface area contributed by atoms with E-state index in [1.807, 2.05) is 12.1 Å². The van der Waals surface area contributed by atoms with Crippen molar-refractivity contribution in [2.45, 2.75) is 6.54 Å². The van der Waals surface area contributed by atoms with Gasteiger partial charge in [0.25, 0.3) is 0 Å². The van der Waals surface area contributed by atoms with Gasteiger partial charge in [-0.25, -0.2) is 0 Å². The first kappa shape index (κ1) is 13.5. The van der Waals surface area contributed by atoms with Crippen molar-refractivity contribution in [1.29, 1.82) is 0 Å². The first-order chi connectivity index (χ1) is 9.10. The summed E-state index contributed by atoms with van der Waals surface area (Å²) in [6, 6.07) is 8.63. The number of nitrogens with one attached hydrogen (secondary N) is 1. The number of anilines is 1. The lowest BCUT2D eigenvalue weighted by Gasteiger charge is -2.11. The van der Waals surface area contributed by atoms with Crippen LogP contribution in [0.3, 0.4) is 0 Å². The SMILES string of the molecule is COc1ccc(C(N)=O)cc1NCc1ccc(Br)o1. The molecule has 2 rings (SSSR count). The Bertz CT molecular complexity index is 595. The average molecular weight is 325 g/mol. The number of methoxy groups -OCH3 is 1. The van der Waals surface area contributed by atoms with E-state index < -0.39 is 5.91 Å². The molecule has 0 saturated carbocycles. The van der Waals surface area contributed by atoms with Crippen LogP contribution in [0, 0.1) is 0 Å². The molecule has 3 N–H and O–H groups in total. The minimum atomic E-state index is -0.480. The number of primary amides is 1. The second-order valence-electron chi connectivity index (χ2n) is 3.84. The maximum Gasteiger partial charge on any atom is 0.248 e. The zero-order valence-electron chi connectivity index (χ0n) is 10.3. The number of furan rings is 1. The summed E-state index contributed by atoms with van der Waals surface area (Å²) in [4.78, 5) is 11.2. The Morgan fingerprint density at radius 2 is 2.21 bits per heavy atom. The van der Waals surface area contributed by atoms with Crippen molar-refractivity contribution in [3.8, 4) is 5.75 Å². The first-order valence-electron chi connectivity index (χ1n) is 5.56. The number of carbonyl (C=O) groups is 1. The standard InChI is InChI=1S/C13H13BrN2O3/c1-18-11-4-2-8(13(15)17)6-10(11)16-7-9-3-5-12(14)19-9/h2-6,16H,7H2,1H3,(H2,15,17). The van der Waals surface area contributed by atoms with Crippen molar-refractivity contribution >= 4 is 27.5 Å². The minimum Gasteiger partial charge on any atom is -0.495 e. The molecule has 0 fully saturated rings. The molecule has 0 bridgehead atoms. The van der Waals surface area contributed by atoms with Crippen LogP contribution in [0.1, 0.15) is 16.1 Å². The van der Waals surface area contributed by atoms with Gasteiger partial charge in [0.1, 0.15) is 11.5 Å². The van der Waals surface area contributed by atoms with Crippen LogP contribution in [-0.4, -0.2) is 13.0 Å². The summed E-state index contributed by atoms with van der Waals surface area (Å²) in [5.41, 5.74) is 6.36. The maximum absolute atomic E-state index is 11.2. The van der Waals surface area contributed by atoms with E-state index in [2.05, 4.69) is 21.2 Å². The Morgan fingerprint density at radius 1 is 1.42 bits per heavy atom. The smallest absolute Gasteiger partial charge is 0.248 e. The number of carbonyl (C=O) groups excluding carboxylic acids is 1. The van der Waals surface area contributed by atoms with Gasteiger partial charge in [0.15, 0.2) is 4.67 Å². The second kappa shape index (κ2) is 5.79. The fraction of sp³-hybridized carbons (Fsp3) is 0.154. The number of hydrogen-bond donors (Lipinski definition) is 2. The molecule has 0 radical (unpaired) electrons. The molecule has 5 nitrogen and oxygen atoms in total. The molecular formula is C13H13BrN2O3. The quantitative estimate of drug-likeness (QED) is 0.886. The Kier molecular flexibility index (Phi) is 4.11. The number of halogens is 1. The van der Waals surface area contributed by atoms with E-state index in [0.29, 0.717) is 28.2 Å². The summed E-state index contributed by atoms with van der Waals surface area (Å²) in [6.45, 7) is 0.476. The lowest BCUT2D eigenvalue weighted by Crippen LogP contribution is -2.11.